The van der Waals surface area contributed by atoms with Crippen molar-refractivity contribution < 1.29 is 4.79 Å². The molecule has 0 atom stereocenters. The van der Waals surface area contributed by atoms with Gasteiger partial charge in [0.2, 0.25) is 5.91 Å². The minimum absolute atomic E-state index is 0.237. The number of anilines is 1. The summed E-state index contributed by atoms with van der Waals surface area (Å²) < 4.78 is 2.64. The molecule has 122 valence electrons. The third-order valence-corrected chi connectivity index (χ3v) is 5.37. The average molecular weight is 379 g/mol. The van der Waals surface area contributed by atoms with E-state index < -0.39 is 0 Å². The molecule has 0 radical (unpaired) electrons. The largest absolute Gasteiger partial charge is 0.383 e. The minimum Gasteiger partial charge on any atom is -0.383 e. The lowest BCUT2D eigenvalue weighted by Gasteiger charge is -2.29. The van der Waals surface area contributed by atoms with Crippen LogP contribution in [0.5, 0.6) is 0 Å². The second-order valence-corrected chi connectivity index (χ2v) is 7.23. The van der Waals surface area contributed by atoms with Gasteiger partial charge in [0.1, 0.15) is 16.7 Å². The Morgan fingerprint density at radius 3 is 2.65 bits per heavy atom. The summed E-state index contributed by atoms with van der Waals surface area (Å²) in [6, 6.07) is 0.580. The summed E-state index contributed by atoms with van der Waals surface area (Å²) in [5.41, 5.74) is 6.70. The van der Waals surface area contributed by atoms with Crippen LogP contribution in [0.1, 0.15) is 44.6 Å². The zero-order valence-electron chi connectivity index (χ0n) is 12.7. The Bertz CT molecular complexity index is 748. The molecule has 23 heavy (non-hydrogen) atoms. The molecule has 2 saturated carbocycles. The van der Waals surface area contributed by atoms with Crippen LogP contribution in [0.3, 0.4) is 0 Å². The summed E-state index contributed by atoms with van der Waals surface area (Å²) in [4.78, 5) is 20.3. The van der Waals surface area contributed by atoms with E-state index in [9.17, 15) is 4.79 Å². The Kier molecular flexibility index (Phi) is 3.71. The van der Waals surface area contributed by atoms with Crippen LogP contribution in [-0.4, -0.2) is 31.7 Å². The van der Waals surface area contributed by atoms with Crippen LogP contribution in [0.15, 0.2) is 10.9 Å². The predicted octanol–water partition coefficient (Wildman–Crippen LogP) is 2.18. The van der Waals surface area contributed by atoms with E-state index in [1.165, 1.54) is 6.33 Å². The molecule has 4 rings (SSSR count). The van der Waals surface area contributed by atoms with Crippen molar-refractivity contribution in [3.8, 4) is 0 Å². The summed E-state index contributed by atoms with van der Waals surface area (Å²) in [6.45, 7) is 0. The smallest absolute Gasteiger partial charge is 0.223 e. The number of amides is 1. The van der Waals surface area contributed by atoms with E-state index in [1.54, 1.807) is 0 Å². The fourth-order valence-electron chi connectivity index (χ4n) is 3.34. The maximum absolute atomic E-state index is 11.9. The van der Waals surface area contributed by atoms with Gasteiger partial charge in [-0.15, -0.1) is 0 Å². The number of nitrogens with one attached hydrogen (secondary N) is 1. The van der Waals surface area contributed by atoms with Crippen LogP contribution in [-0.2, 0) is 4.79 Å². The molecule has 0 bridgehead atoms. The molecule has 7 nitrogen and oxygen atoms in total. The van der Waals surface area contributed by atoms with Gasteiger partial charge in [-0.2, -0.15) is 5.10 Å². The Morgan fingerprint density at radius 1 is 1.22 bits per heavy atom. The van der Waals surface area contributed by atoms with Gasteiger partial charge in [0.25, 0.3) is 0 Å². The fraction of sp³-hybridized carbons (Fsp3) is 0.600. The molecule has 8 heteroatoms. The second kappa shape index (κ2) is 5.74. The van der Waals surface area contributed by atoms with Crippen LogP contribution in [0.4, 0.5) is 5.82 Å². The highest BCUT2D eigenvalue weighted by molar-refractivity contribution is 9.10. The summed E-state index contributed by atoms with van der Waals surface area (Å²) in [7, 11) is 0. The predicted molar refractivity (Wildman–Crippen MR) is 89.6 cm³/mol. The molecular weight excluding hydrogens is 360 g/mol. The molecule has 0 aromatic carbocycles. The number of carbonyl (C=O) groups excluding carboxylic acids is 1. The van der Waals surface area contributed by atoms with Gasteiger partial charge in [-0.3, -0.25) is 4.79 Å². The van der Waals surface area contributed by atoms with Crippen LogP contribution >= 0.6 is 15.9 Å². The summed E-state index contributed by atoms with van der Waals surface area (Å²) in [5.74, 6) is 0.957. The van der Waals surface area contributed by atoms with Gasteiger partial charge in [-0.05, 0) is 54.5 Å². The topological polar surface area (TPSA) is 98.7 Å². The zero-order chi connectivity index (χ0) is 16.0. The van der Waals surface area contributed by atoms with E-state index in [0.717, 1.165) is 49.6 Å². The van der Waals surface area contributed by atoms with Gasteiger partial charge in [0.15, 0.2) is 5.65 Å². The van der Waals surface area contributed by atoms with Crippen molar-refractivity contribution in [3.05, 3.63) is 10.9 Å². The van der Waals surface area contributed by atoms with Gasteiger partial charge in [-0.1, -0.05) is 0 Å². The highest BCUT2D eigenvalue weighted by atomic mass is 79.9. The number of carbonyl (C=O) groups is 1. The van der Waals surface area contributed by atoms with Gasteiger partial charge >= 0.3 is 0 Å². The standard InChI is InChI=1S/C15H19BrN6O/c16-12-11-13(17)18-7-19-14(11)22(21-12)10-5-3-9(4-6-10)20-15(23)8-1-2-8/h7-10H,1-6H2,(H,20,23)(H2,17,18,19)/t9-,10-. The minimum atomic E-state index is 0.237. The van der Waals surface area contributed by atoms with E-state index >= 15 is 0 Å². The van der Waals surface area contributed by atoms with E-state index in [0.29, 0.717) is 16.5 Å². The number of aromatic nitrogens is 4. The Labute approximate surface area is 142 Å². The molecule has 0 spiro atoms. The van der Waals surface area contributed by atoms with Crippen LogP contribution in [0.25, 0.3) is 11.0 Å². The summed E-state index contributed by atoms with van der Waals surface area (Å²) in [6.07, 6.45) is 7.48. The van der Waals surface area contributed by atoms with Gasteiger partial charge < -0.3 is 11.1 Å². The number of nitrogens with two attached hydrogens (primary N) is 1. The zero-order valence-corrected chi connectivity index (χ0v) is 14.3. The van der Waals surface area contributed by atoms with Crippen molar-refractivity contribution >= 4 is 38.7 Å². The number of hydrogen-bond acceptors (Lipinski definition) is 5. The molecule has 1 amide bonds. The van der Waals surface area contributed by atoms with Crippen LogP contribution in [0.2, 0.25) is 0 Å². The molecular formula is C15H19BrN6O. The Morgan fingerprint density at radius 2 is 1.96 bits per heavy atom. The Hall–Kier alpha value is -1.70. The molecule has 2 heterocycles. The van der Waals surface area contributed by atoms with Gasteiger partial charge in [0.05, 0.1) is 11.4 Å². The normalized spacial score (nSPS) is 24.7. The second-order valence-electron chi connectivity index (χ2n) is 6.48. The maximum Gasteiger partial charge on any atom is 0.223 e. The molecule has 2 aromatic heterocycles. The number of nitrogens with zero attached hydrogens (tertiary/aromatic N) is 4. The number of hydrogen-bond donors (Lipinski definition) is 2. The first-order chi connectivity index (χ1) is 11.1. The van der Waals surface area contributed by atoms with Crippen molar-refractivity contribution in [3.63, 3.8) is 0 Å². The fourth-order valence-corrected chi connectivity index (χ4v) is 3.89. The number of fused-ring (bicyclic) bond motifs is 1. The monoisotopic (exact) mass is 378 g/mol. The first kappa shape index (κ1) is 14.9. The first-order valence-electron chi connectivity index (χ1n) is 8.08. The number of nitrogen functional groups attached to an aromatic ring is 1. The van der Waals surface area contributed by atoms with Gasteiger partial charge in [-0.25, -0.2) is 14.6 Å². The van der Waals surface area contributed by atoms with Crippen molar-refractivity contribution in [2.24, 2.45) is 5.92 Å². The van der Waals surface area contributed by atoms with Gasteiger partial charge in [0, 0.05) is 12.0 Å². The van der Waals surface area contributed by atoms with E-state index in [2.05, 4.69) is 36.3 Å². The molecule has 2 aliphatic rings. The summed E-state index contributed by atoms with van der Waals surface area (Å²) >= 11 is 3.45. The van der Waals surface area contributed by atoms with Crippen molar-refractivity contribution in [1.29, 1.82) is 0 Å². The van der Waals surface area contributed by atoms with Crippen molar-refractivity contribution in [2.75, 3.05) is 5.73 Å². The quantitative estimate of drug-likeness (QED) is 0.852. The highest BCUT2D eigenvalue weighted by Crippen LogP contribution is 2.35. The Balaban J connectivity index is 1.48. The molecule has 0 aliphatic heterocycles. The highest BCUT2D eigenvalue weighted by Gasteiger charge is 2.32. The lowest BCUT2D eigenvalue weighted by Crippen LogP contribution is -2.38. The van der Waals surface area contributed by atoms with Crippen LogP contribution in [0, 0.1) is 5.92 Å². The van der Waals surface area contributed by atoms with E-state index in [4.69, 9.17) is 5.73 Å². The van der Waals surface area contributed by atoms with Crippen LogP contribution < -0.4 is 11.1 Å². The van der Waals surface area contributed by atoms with E-state index in [-0.39, 0.29) is 17.9 Å². The summed E-state index contributed by atoms with van der Waals surface area (Å²) in [5, 5.41) is 8.52. The molecule has 3 N–H and O–H groups in total. The van der Waals surface area contributed by atoms with Crippen molar-refractivity contribution in [1.82, 2.24) is 25.1 Å². The average Bonchev–Trinajstić information content (AvgIpc) is 3.33. The molecule has 2 aliphatic carbocycles. The molecule has 0 saturated heterocycles. The lowest BCUT2D eigenvalue weighted by atomic mass is 9.91. The lowest BCUT2D eigenvalue weighted by molar-refractivity contribution is -0.123. The van der Waals surface area contributed by atoms with E-state index in [1.807, 2.05) is 4.68 Å². The number of rotatable bonds is 3. The molecule has 2 aromatic rings. The third-order valence-electron chi connectivity index (χ3n) is 4.81. The molecule has 0 unspecified atom stereocenters. The molecule has 2 fully saturated rings. The SMILES string of the molecule is Nc1ncnc2c1c(Br)nn2[C@H]1CC[C@H](NC(=O)C2CC2)CC1. The maximum atomic E-state index is 11.9. The number of halogens is 1. The third kappa shape index (κ3) is 2.80. The van der Waals surface area contributed by atoms with Crippen molar-refractivity contribution in [2.45, 2.75) is 50.6 Å². The first-order valence-corrected chi connectivity index (χ1v) is 8.87.